The number of benzene rings is 1. The maximum absolute atomic E-state index is 12.1. The van der Waals surface area contributed by atoms with Gasteiger partial charge in [-0.2, -0.15) is 0 Å². The third kappa shape index (κ3) is 3.33. The van der Waals surface area contributed by atoms with Gasteiger partial charge in [-0.05, 0) is 38.4 Å². The molecule has 1 aliphatic rings. The molecule has 0 aliphatic carbocycles. The monoisotopic (exact) mass is 265 g/mol. The maximum atomic E-state index is 12.1. The summed E-state index contributed by atoms with van der Waals surface area (Å²) in [5.41, 5.74) is 0.656. The van der Waals surface area contributed by atoms with Crippen molar-refractivity contribution >= 4 is 17.4 Å². The van der Waals surface area contributed by atoms with E-state index in [1.165, 1.54) is 19.3 Å². The van der Waals surface area contributed by atoms with Gasteiger partial charge in [0.15, 0.2) is 5.78 Å². The molecule has 18 heavy (non-hydrogen) atoms. The molecule has 0 N–H and O–H groups in total. The molecule has 1 atom stereocenters. The smallest absolute Gasteiger partial charge is 0.165 e. The Labute approximate surface area is 114 Å². The van der Waals surface area contributed by atoms with Crippen LogP contribution in [0.4, 0.5) is 0 Å². The van der Waals surface area contributed by atoms with Crippen LogP contribution in [0, 0.1) is 0 Å². The number of carbonyl (C=O) groups is 1. The van der Waals surface area contributed by atoms with Gasteiger partial charge in [-0.1, -0.05) is 30.2 Å². The Morgan fingerprint density at radius 2 is 2.17 bits per heavy atom. The Hall–Kier alpha value is -0.860. The first kappa shape index (κ1) is 13.6. The molecular formula is C15H20ClNO. The summed E-state index contributed by atoms with van der Waals surface area (Å²) in [6.45, 7) is 4.22. The number of piperidine rings is 1. The Morgan fingerprint density at radius 3 is 2.89 bits per heavy atom. The van der Waals surface area contributed by atoms with E-state index < -0.39 is 0 Å². The summed E-state index contributed by atoms with van der Waals surface area (Å²) < 4.78 is 0. The van der Waals surface area contributed by atoms with Crippen LogP contribution in [0.2, 0.25) is 5.02 Å². The molecule has 1 fully saturated rings. The molecule has 0 amide bonds. The van der Waals surface area contributed by atoms with Crippen LogP contribution >= 0.6 is 11.6 Å². The molecule has 2 nitrogen and oxygen atoms in total. The van der Waals surface area contributed by atoms with Crippen molar-refractivity contribution in [1.82, 2.24) is 4.90 Å². The SMILES string of the molecule is CC1CCCCN1CCC(=O)c1ccccc1Cl. The third-order valence-corrected chi connectivity index (χ3v) is 4.07. The molecule has 0 spiro atoms. The Morgan fingerprint density at radius 1 is 1.39 bits per heavy atom. The van der Waals surface area contributed by atoms with Crippen molar-refractivity contribution in [1.29, 1.82) is 0 Å². The summed E-state index contributed by atoms with van der Waals surface area (Å²) in [7, 11) is 0. The quantitative estimate of drug-likeness (QED) is 0.772. The Bertz CT molecular complexity index is 419. The van der Waals surface area contributed by atoms with Crippen molar-refractivity contribution in [3.05, 3.63) is 34.9 Å². The van der Waals surface area contributed by atoms with E-state index in [4.69, 9.17) is 11.6 Å². The number of hydrogen-bond acceptors (Lipinski definition) is 2. The fourth-order valence-corrected chi connectivity index (χ4v) is 2.80. The van der Waals surface area contributed by atoms with Crippen molar-refractivity contribution in [2.24, 2.45) is 0 Å². The molecule has 0 aromatic heterocycles. The second kappa shape index (κ2) is 6.35. The highest BCUT2D eigenvalue weighted by Crippen LogP contribution is 2.19. The lowest BCUT2D eigenvalue weighted by Gasteiger charge is -2.33. The fourth-order valence-electron chi connectivity index (χ4n) is 2.56. The maximum Gasteiger partial charge on any atom is 0.165 e. The molecule has 98 valence electrons. The minimum atomic E-state index is 0.151. The summed E-state index contributed by atoms with van der Waals surface area (Å²) in [4.78, 5) is 14.5. The van der Waals surface area contributed by atoms with Crippen LogP contribution in [-0.4, -0.2) is 29.8 Å². The highest BCUT2D eigenvalue weighted by molar-refractivity contribution is 6.33. The predicted octanol–water partition coefficient (Wildman–Crippen LogP) is 3.79. The van der Waals surface area contributed by atoms with Crippen molar-refractivity contribution in [3.63, 3.8) is 0 Å². The van der Waals surface area contributed by atoms with Crippen LogP contribution < -0.4 is 0 Å². The molecule has 1 aromatic rings. The van der Waals surface area contributed by atoms with Gasteiger partial charge in [0.25, 0.3) is 0 Å². The van der Waals surface area contributed by atoms with Gasteiger partial charge in [0.1, 0.15) is 0 Å². The summed E-state index contributed by atoms with van der Waals surface area (Å²) >= 11 is 6.03. The van der Waals surface area contributed by atoms with Crippen LogP contribution in [0.3, 0.4) is 0 Å². The van der Waals surface area contributed by atoms with Crippen molar-refractivity contribution in [2.45, 2.75) is 38.6 Å². The van der Waals surface area contributed by atoms with Gasteiger partial charge >= 0.3 is 0 Å². The standard InChI is InChI=1S/C15H20ClNO/c1-12-6-4-5-10-17(12)11-9-15(18)13-7-2-3-8-14(13)16/h2-3,7-8,12H,4-6,9-11H2,1H3. The van der Waals surface area contributed by atoms with E-state index in [9.17, 15) is 4.79 Å². The number of ketones is 1. The molecule has 0 bridgehead atoms. The zero-order chi connectivity index (χ0) is 13.0. The lowest BCUT2D eigenvalue weighted by Crippen LogP contribution is -2.38. The molecule has 1 heterocycles. The van der Waals surface area contributed by atoms with Crippen molar-refractivity contribution in [2.75, 3.05) is 13.1 Å². The van der Waals surface area contributed by atoms with Gasteiger partial charge in [0.05, 0.1) is 5.02 Å². The number of likely N-dealkylation sites (tertiary alicyclic amines) is 1. The molecule has 0 radical (unpaired) electrons. The number of nitrogens with zero attached hydrogens (tertiary/aromatic N) is 1. The fraction of sp³-hybridized carbons (Fsp3) is 0.533. The normalized spacial score (nSPS) is 20.9. The number of halogens is 1. The Kier molecular flexibility index (Phi) is 4.79. The summed E-state index contributed by atoms with van der Waals surface area (Å²) in [6, 6.07) is 7.91. The van der Waals surface area contributed by atoms with Crippen LogP contribution in [0.1, 0.15) is 43.0 Å². The van der Waals surface area contributed by atoms with Gasteiger partial charge < -0.3 is 4.90 Å². The molecule has 1 aliphatic heterocycles. The van der Waals surface area contributed by atoms with E-state index in [0.717, 1.165) is 13.1 Å². The molecule has 1 saturated heterocycles. The van der Waals surface area contributed by atoms with Gasteiger partial charge in [-0.3, -0.25) is 4.79 Å². The van der Waals surface area contributed by atoms with E-state index in [1.54, 1.807) is 6.07 Å². The molecule has 3 heteroatoms. The molecular weight excluding hydrogens is 246 g/mol. The minimum absolute atomic E-state index is 0.151. The van der Waals surface area contributed by atoms with Gasteiger partial charge in [-0.15, -0.1) is 0 Å². The lowest BCUT2D eigenvalue weighted by atomic mass is 10.0. The van der Waals surface area contributed by atoms with Gasteiger partial charge in [0.2, 0.25) is 0 Å². The first-order valence-corrected chi connectivity index (χ1v) is 7.08. The minimum Gasteiger partial charge on any atom is -0.300 e. The van der Waals surface area contributed by atoms with Crippen LogP contribution in [0.15, 0.2) is 24.3 Å². The van der Waals surface area contributed by atoms with E-state index in [0.29, 0.717) is 23.0 Å². The average Bonchev–Trinajstić information content (AvgIpc) is 2.38. The predicted molar refractivity (Wildman–Crippen MR) is 75.3 cm³/mol. The van der Waals surface area contributed by atoms with Gasteiger partial charge in [0, 0.05) is 24.6 Å². The zero-order valence-corrected chi connectivity index (χ0v) is 11.6. The highest BCUT2D eigenvalue weighted by Gasteiger charge is 2.19. The number of hydrogen-bond donors (Lipinski definition) is 0. The highest BCUT2D eigenvalue weighted by atomic mass is 35.5. The second-order valence-corrected chi connectivity index (χ2v) is 5.44. The molecule has 0 saturated carbocycles. The molecule has 1 unspecified atom stereocenters. The largest absolute Gasteiger partial charge is 0.300 e. The van der Waals surface area contributed by atoms with E-state index in [-0.39, 0.29) is 5.78 Å². The lowest BCUT2D eigenvalue weighted by molar-refractivity contribution is 0.0936. The van der Waals surface area contributed by atoms with Crippen LogP contribution in [-0.2, 0) is 0 Å². The number of rotatable bonds is 4. The molecule has 1 aromatic carbocycles. The van der Waals surface area contributed by atoms with Crippen molar-refractivity contribution < 1.29 is 4.79 Å². The first-order valence-electron chi connectivity index (χ1n) is 6.70. The zero-order valence-electron chi connectivity index (χ0n) is 10.9. The average molecular weight is 266 g/mol. The van der Waals surface area contributed by atoms with E-state index in [1.807, 2.05) is 18.2 Å². The summed E-state index contributed by atoms with van der Waals surface area (Å²) in [6.07, 6.45) is 4.38. The first-order chi connectivity index (χ1) is 8.68. The second-order valence-electron chi connectivity index (χ2n) is 5.03. The number of carbonyl (C=O) groups excluding carboxylic acids is 1. The van der Waals surface area contributed by atoms with E-state index >= 15 is 0 Å². The topological polar surface area (TPSA) is 20.3 Å². The van der Waals surface area contributed by atoms with Gasteiger partial charge in [-0.25, -0.2) is 0 Å². The van der Waals surface area contributed by atoms with Crippen LogP contribution in [0.5, 0.6) is 0 Å². The Balaban J connectivity index is 1.90. The summed E-state index contributed by atoms with van der Waals surface area (Å²) in [5.74, 6) is 0.151. The van der Waals surface area contributed by atoms with E-state index in [2.05, 4.69) is 11.8 Å². The molecule has 2 rings (SSSR count). The van der Waals surface area contributed by atoms with Crippen molar-refractivity contribution in [3.8, 4) is 0 Å². The summed E-state index contributed by atoms with van der Waals surface area (Å²) in [5, 5.41) is 0.564. The number of Topliss-reactive ketones (excluding diaryl/α,β-unsaturated/α-hetero) is 1. The van der Waals surface area contributed by atoms with Crippen LogP contribution in [0.25, 0.3) is 0 Å². The third-order valence-electron chi connectivity index (χ3n) is 3.74.